The summed E-state index contributed by atoms with van der Waals surface area (Å²) in [6.07, 6.45) is 5.59. The molecular weight excluding hydrogens is 410 g/mol. The normalized spacial score (nSPS) is 15.5. The number of aldehydes is 1. The lowest BCUT2D eigenvalue weighted by molar-refractivity contribution is 0.112. The number of rotatable bonds is 8. The highest BCUT2D eigenvalue weighted by atomic mass is 32.1. The van der Waals surface area contributed by atoms with Crippen molar-refractivity contribution in [1.29, 1.82) is 0 Å². The van der Waals surface area contributed by atoms with E-state index in [-0.39, 0.29) is 0 Å². The third-order valence-electron chi connectivity index (χ3n) is 5.47. The van der Waals surface area contributed by atoms with E-state index < -0.39 is 0 Å². The molecule has 1 saturated heterocycles. The molecule has 3 aromatic rings. The van der Waals surface area contributed by atoms with E-state index in [4.69, 9.17) is 4.74 Å². The van der Waals surface area contributed by atoms with Crippen LogP contribution in [0.1, 0.15) is 22.2 Å². The number of hydrogen-bond donors (Lipinski definition) is 2. The van der Waals surface area contributed by atoms with Crippen molar-refractivity contribution in [2.24, 2.45) is 0 Å². The van der Waals surface area contributed by atoms with Crippen LogP contribution >= 0.6 is 11.3 Å². The van der Waals surface area contributed by atoms with E-state index in [1.165, 1.54) is 27.8 Å². The number of likely N-dealkylation sites (N-methyl/N-ethyl adjacent to an activating group) is 2. The van der Waals surface area contributed by atoms with Crippen LogP contribution in [-0.4, -0.2) is 80.7 Å². The molecule has 1 aromatic carbocycles. The summed E-state index contributed by atoms with van der Waals surface area (Å²) in [6.45, 7) is 7.69. The van der Waals surface area contributed by atoms with Crippen molar-refractivity contribution in [1.82, 2.24) is 20.2 Å². The molecule has 1 unspecified atom stereocenters. The average molecular weight is 444 g/mol. The second-order valence-electron chi connectivity index (χ2n) is 7.66. The Morgan fingerprint density at radius 3 is 2.74 bits per heavy atom. The first-order chi connectivity index (χ1) is 15.1. The van der Waals surface area contributed by atoms with Gasteiger partial charge >= 0.3 is 0 Å². The van der Waals surface area contributed by atoms with Crippen molar-refractivity contribution in [2.75, 3.05) is 58.4 Å². The predicted molar refractivity (Wildman–Crippen MR) is 129 cm³/mol. The van der Waals surface area contributed by atoms with E-state index in [1.807, 2.05) is 14.0 Å². The lowest BCUT2D eigenvalue weighted by atomic mass is 10.1. The van der Waals surface area contributed by atoms with E-state index in [1.54, 1.807) is 6.20 Å². The van der Waals surface area contributed by atoms with Crippen molar-refractivity contribution in [3.05, 3.63) is 47.1 Å². The monoisotopic (exact) mass is 443 g/mol. The molecule has 2 aromatic heterocycles. The first-order valence-electron chi connectivity index (χ1n) is 10.8. The van der Waals surface area contributed by atoms with Crippen LogP contribution in [0.2, 0.25) is 0 Å². The highest BCUT2D eigenvalue weighted by Gasteiger charge is 2.16. The van der Waals surface area contributed by atoms with Gasteiger partial charge in [0.25, 0.3) is 0 Å². The summed E-state index contributed by atoms with van der Waals surface area (Å²) in [7, 11) is 4.11. The van der Waals surface area contributed by atoms with Crippen molar-refractivity contribution < 1.29 is 9.53 Å². The Morgan fingerprint density at radius 1 is 1.29 bits per heavy atom. The number of nitrogens with zero attached hydrogens (tertiary/aromatic N) is 3. The Balaban J connectivity index is 0.000000179. The highest BCUT2D eigenvalue weighted by molar-refractivity contribution is 7.17. The smallest absolute Gasteiger partial charge is 0.186 e. The zero-order valence-corrected chi connectivity index (χ0v) is 19.5. The molecule has 1 atom stereocenters. The number of hydrogen-bond acceptors (Lipinski definition) is 7. The third-order valence-corrected chi connectivity index (χ3v) is 6.46. The molecule has 7 nitrogen and oxygen atoms in total. The SMILES string of the molecule is CCOCC(Cc1c[nH]c2ccccc12)NC.CN1CCN(c2ncc(C=O)s2)CC1. The van der Waals surface area contributed by atoms with Gasteiger partial charge in [-0.25, -0.2) is 4.98 Å². The minimum Gasteiger partial charge on any atom is -0.380 e. The van der Waals surface area contributed by atoms with E-state index in [9.17, 15) is 4.79 Å². The maximum Gasteiger partial charge on any atom is 0.186 e. The van der Waals surface area contributed by atoms with Crippen molar-refractivity contribution in [3.8, 4) is 0 Å². The maximum absolute atomic E-state index is 10.5. The van der Waals surface area contributed by atoms with E-state index in [0.29, 0.717) is 10.9 Å². The number of fused-ring (bicyclic) bond motifs is 1. The molecule has 0 spiro atoms. The number of H-pyrrole nitrogens is 1. The second kappa shape index (κ2) is 12.0. The standard InChI is InChI=1S/C14H20N2O.C9H13N3OS/c1-3-17-10-12(15-2)8-11-9-16-14-7-5-4-6-13(11)14;1-11-2-4-12(5-3-11)9-10-6-8(7-13)14-9/h4-7,9,12,15-16H,3,8,10H2,1-2H3;6-7H,2-5H2,1H3. The van der Waals surface area contributed by atoms with Gasteiger partial charge in [0.2, 0.25) is 0 Å². The van der Waals surface area contributed by atoms with Crippen molar-refractivity contribution in [3.63, 3.8) is 0 Å². The summed E-state index contributed by atoms with van der Waals surface area (Å²) in [5, 5.41) is 5.58. The molecule has 168 valence electrons. The van der Waals surface area contributed by atoms with Gasteiger partial charge in [-0.2, -0.15) is 0 Å². The van der Waals surface area contributed by atoms with Crippen molar-refractivity contribution in [2.45, 2.75) is 19.4 Å². The number of carbonyl (C=O) groups is 1. The lowest BCUT2D eigenvalue weighted by Gasteiger charge is -2.31. The Kier molecular flexibility index (Phi) is 9.02. The molecule has 0 saturated carbocycles. The van der Waals surface area contributed by atoms with Crippen molar-refractivity contribution >= 4 is 33.7 Å². The molecule has 4 rings (SSSR count). The van der Waals surface area contributed by atoms with Gasteiger partial charge in [0, 0.05) is 55.9 Å². The molecule has 0 radical (unpaired) electrons. The largest absolute Gasteiger partial charge is 0.380 e. The van der Waals surface area contributed by atoms with Crippen LogP contribution in [0.5, 0.6) is 0 Å². The summed E-state index contributed by atoms with van der Waals surface area (Å²) in [5.74, 6) is 0. The number of carbonyl (C=O) groups excluding carboxylic acids is 1. The minimum absolute atomic E-state index is 0.370. The van der Waals surface area contributed by atoms with Gasteiger partial charge in [-0.1, -0.05) is 29.5 Å². The molecule has 3 heterocycles. The number of para-hydroxylation sites is 1. The molecule has 0 aliphatic carbocycles. The minimum atomic E-state index is 0.370. The number of benzene rings is 1. The van der Waals surface area contributed by atoms with E-state index in [0.717, 1.165) is 57.2 Å². The van der Waals surface area contributed by atoms with Gasteiger partial charge in [0.1, 0.15) is 0 Å². The molecule has 2 N–H and O–H groups in total. The van der Waals surface area contributed by atoms with Gasteiger partial charge in [-0.15, -0.1) is 0 Å². The first-order valence-corrected chi connectivity index (χ1v) is 11.6. The Labute approximate surface area is 188 Å². The van der Waals surface area contributed by atoms with Gasteiger partial charge in [-0.3, -0.25) is 4.79 Å². The van der Waals surface area contributed by atoms with Crippen LogP contribution in [0.4, 0.5) is 5.13 Å². The summed E-state index contributed by atoms with van der Waals surface area (Å²) >= 11 is 1.47. The molecule has 31 heavy (non-hydrogen) atoms. The zero-order chi connectivity index (χ0) is 22.1. The van der Waals surface area contributed by atoms with Gasteiger partial charge in [-0.05, 0) is 39.1 Å². The van der Waals surface area contributed by atoms with Gasteiger partial charge in [0.15, 0.2) is 11.4 Å². The van der Waals surface area contributed by atoms with Crippen LogP contribution < -0.4 is 10.2 Å². The van der Waals surface area contributed by atoms with Crippen LogP contribution in [0, 0.1) is 0 Å². The van der Waals surface area contributed by atoms with Crippen LogP contribution in [0.25, 0.3) is 10.9 Å². The predicted octanol–water partition coefficient (Wildman–Crippen LogP) is 3.04. The lowest BCUT2D eigenvalue weighted by Crippen LogP contribution is -2.44. The van der Waals surface area contributed by atoms with Crippen LogP contribution in [-0.2, 0) is 11.2 Å². The fourth-order valence-corrected chi connectivity index (χ4v) is 4.33. The molecule has 8 heteroatoms. The summed E-state index contributed by atoms with van der Waals surface area (Å²) in [6, 6.07) is 8.77. The fraction of sp³-hybridized carbons (Fsp3) is 0.478. The van der Waals surface area contributed by atoms with Crippen LogP contribution in [0.15, 0.2) is 36.7 Å². The van der Waals surface area contributed by atoms with E-state index in [2.05, 4.69) is 62.6 Å². The molecular formula is C23H33N5O2S. The quantitative estimate of drug-likeness (QED) is 0.522. The number of anilines is 1. The number of nitrogens with one attached hydrogen (secondary N) is 2. The summed E-state index contributed by atoms with van der Waals surface area (Å²) < 4.78 is 5.47. The zero-order valence-electron chi connectivity index (χ0n) is 18.6. The topological polar surface area (TPSA) is 73.5 Å². The Morgan fingerprint density at radius 2 is 2.06 bits per heavy atom. The molecule has 1 fully saturated rings. The second-order valence-corrected chi connectivity index (χ2v) is 8.70. The highest BCUT2D eigenvalue weighted by Crippen LogP contribution is 2.22. The third kappa shape index (κ3) is 6.61. The molecule has 1 aliphatic rings. The number of aromatic nitrogens is 2. The molecule has 1 aliphatic heterocycles. The Hall–Kier alpha value is -2.26. The molecule has 0 bridgehead atoms. The summed E-state index contributed by atoms with van der Waals surface area (Å²) in [5.41, 5.74) is 2.55. The van der Waals surface area contributed by atoms with Gasteiger partial charge < -0.3 is 24.8 Å². The molecule has 0 amide bonds. The summed E-state index contributed by atoms with van der Waals surface area (Å²) in [4.78, 5) is 23.3. The maximum atomic E-state index is 10.5. The number of ether oxygens (including phenoxy) is 1. The van der Waals surface area contributed by atoms with E-state index >= 15 is 0 Å². The first kappa shape index (κ1) is 23.4. The number of aromatic amines is 1. The van der Waals surface area contributed by atoms with Gasteiger partial charge in [0.05, 0.1) is 17.7 Å². The van der Waals surface area contributed by atoms with Crippen LogP contribution in [0.3, 0.4) is 0 Å². The Bertz CT molecular complexity index is 933. The number of piperazine rings is 1. The number of thiazole rings is 1. The fourth-order valence-electron chi connectivity index (χ4n) is 3.55. The average Bonchev–Trinajstić information content (AvgIpc) is 3.45.